The maximum atomic E-state index is 11.7. The molecule has 226 valence electrons. The molecule has 3 aromatic carbocycles. The van der Waals surface area contributed by atoms with E-state index in [-0.39, 0.29) is 11.4 Å². The molecule has 8 rings (SSSR count). The van der Waals surface area contributed by atoms with Gasteiger partial charge in [-0.15, -0.1) is 0 Å². The Hall–Kier alpha value is -6.81. The molecule has 7 aromatic rings. The molecule has 0 aliphatic carbocycles. The summed E-state index contributed by atoms with van der Waals surface area (Å²) in [5.74, 6) is 0. The minimum atomic E-state index is -0.402. The monoisotopic (exact) mass is 616 g/mol. The minimum Gasteiger partial charge on any atom is -0.354 e. The van der Waals surface area contributed by atoms with Crippen LogP contribution in [0.3, 0.4) is 0 Å². The van der Waals surface area contributed by atoms with Gasteiger partial charge in [-0.1, -0.05) is 54.6 Å². The number of nitro benzene ring substituents is 2. The Balaban J connectivity index is 1.54. The van der Waals surface area contributed by atoms with Crippen LogP contribution in [0.2, 0.25) is 0 Å². The molecular weight excluding hydrogens is 592 g/mol. The van der Waals surface area contributed by atoms with Crippen molar-refractivity contribution in [1.82, 2.24) is 19.9 Å². The van der Waals surface area contributed by atoms with Crippen molar-refractivity contribution >= 4 is 56.6 Å². The van der Waals surface area contributed by atoms with Crippen LogP contribution in [0.5, 0.6) is 0 Å². The number of fused-ring (bicyclic) bond motifs is 9. The zero-order chi connectivity index (χ0) is 32.1. The number of benzene rings is 3. The number of H-pyrrole nitrogens is 3. The van der Waals surface area contributed by atoms with Gasteiger partial charge in [0.05, 0.1) is 26.8 Å². The van der Waals surface area contributed by atoms with Gasteiger partial charge in [0.1, 0.15) is 0 Å². The molecule has 8 bridgehead atoms. The van der Waals surface area contributed by atoms with Crippen LogP contribution in [0.15, 0.2) is 115 Å². The lowest BCUT2D eigenvalue weighted by atomic mass is 10.0. The van der Waals surface area contributed by atoms with Gasteiger partial charge in [-0.05, 0) is 65.2 Å². The number of aromatic amines is 3. The van der Waals surface area contributed by atoms with E-state index >= 15 is 0 Å². The first kappa shape index (κ1) is 27.7. The van der Waals surface area contributed by atoms with Gasteiger partial charge in [-0.25, -0.2) is 4.98 Å². The fourth-order valence-electron chi connectivity index (χ4n) is 6.22. The van der Waals surface area contributed by atoms with Crippen LogP contribution < -0.4 is 0 Å². The standard InChI is InChI=1S/C37H24N6O4/c44-42(45)25-10-4-8-23(20-25)36-31-14-12-27(38-31)28-13-15-32(39-28)37(24-9-5-11-26(21-24)43(46)47)34-19-17-30(41-34)35(22-6-2-1-3-7-22)29-16-18-33(36)40-29/h1-21,38,40-41H. The van der Waals surface area contributed by atoms with E-state index in [9.17, 15) is 20.2 Å². The van der Waals surface area contributed by atoms with Crippen molar-refractivity contribution in [3.63, 3.8) is 0 Å². The number of nitro groups is 2. The number of hydrogen-bond donors (Lipinski definition) is 3. The van der Waals surface area contributed by atoms with Gasteiger partial charge >= 0.3 is 0 Å². The fraction of sp³-hybridized carbons (Fsp3) is 0. The van der Waals surface area contributed by atoms with Gasteiger partial charge in [0.25, 0.3) is 11.4 Å². The molecule has 10 heteroatoms. The van der Waals surface area contributed by atoms with E-state index in [1.807, 2.05) is 91.0 Å². The van der Waals surface area contributed by atoms with Crippen LogP contribution >= 0.6 is 0 Å². The summed E-state index contributed by atoms with van der Waals surface area (Å²) in [4.78, 5) is 38.4. The van der Waals surface area contributed by atoms with E-state index < -0.39 is 9.85 Å². The van der Waals surface area contributed by atoms with E-state index in [2.05, 4.69) is 15.0 Å². The van der Waals surface area contributed by atoms with E-state index in [0.717, 1.165) is 55.4 Å². The van der Waals surface area contributed by atoms with Gasteiger partial charge in [0, 0.05) is 68.5 Å². The second-order valence-electron chi connectivity index (χ2n) is 11.2. The summed E-state index contributed by atoms with van der Waals surface area (Å²) in [6.45, 7) is 0. The number of aromatic nitrogens is 4. The second-order valence-corrected chi connectivity index (χ2v) is 11.2. The molecule has 0 spiro atoms. The molecule has 0 saturated heterocycles. The highest BCUT2D eigenvalue weighted by molar-refractivity contribution is 6.00. The Morgan fingerprint density at radius 1 is 0.447 bits per heavy atom. The van der Waals surface area contributed by atoms with Crippen molar-refractivity contribution in [3.05, 3.63) is 147 Å². The lowest BCUT2D eigenvalue weighted by Gasteiger charge is -2.05. The number of rotatable bonds is 5. The molecule has 1 aliphatic rings. The maximum Gasteiger partial charge on any atom is 0.270 e. The summed E-state index contributed by atoms with van der Waals surface area (Å²) < 4.78 is 0. The fourth-order valence-corrected chi connectivity index (χ4v) is 6.22. The lowest BCUT2D eigenvalue weighted by molar-refractivity contribution is -0.385. The van der Waals surface area contributed by atoms with Gasteiger partial charge in [-0.3, -0.25) is 20.2 Å². The molecular formula is C37H24N6O4. The normalized spacial score (nSPS) is 11.7. The summed E-state index contributed by atoms with van der Waals surface area (Å²) in [6, 6.07) is 34.9. The zero-order valence-corrected chi connectivity index (χ0v) is 24.6. The Kier molecular flexibility index (Phi) is 6.47. The molecule has 0 unspecified atom stereocenters. The largest absolute Gasteiger partial charge is 0.354 e. The number of non-ortho nitro benzene ring substituents is 2. The van der Waals surface area contributed by atoms with Crippen LogP contribution in [0, 0.1) is 20.2 Å². The quantitative estimate of drug-likeness (QED) is 0.130. The molecule has 1 aliphatic heterocycles. The Morgan fingerprint density at radius 3 is 1.43 bits per heavy atom. The van der Waals surface area contributed by atoms with E-state index in [0.29, 0.717) is 22.5 Å². The summed E-state index contributed by atoms with van der Waals surface area (Å²) in [5.41, 5.74) is 10.6. The molecule has 3 N–H and O–H groups in total. The average Bonchev–Trinajstić information content (AvgIpc) is 3.91. The predicted molar refractivity (Wildman–Crippen MR) is 185 cm³/mol. The van der Waals surface area contributed by atoms with Crippen molar-refractivity contribution in [2.24, 2.45) is 0 Å². The molecule has 0 radical (unpaired) electrons. The first-order valence-corrected chi connectivity index (χ1v) is 14.8. The van der Waals surface area contributed by atoms with E-state index in [1.54, 1.807) is 24.3 Å². The Bertz CT molecular complexity index is 2540. The molecule has 0 fully saturated rings. The first-order chi connectivity index (χ1) is 22.9. The average molecular weight is 617 g/mol. The van der Waals surface area contributed by atoms with Gasteiger partial charge in [-0.2, -0.15) is 0 Å². The van der Waals surface area contributed by atoms with Crippen molar-refractivity contribution in [2.45, 2.75) is 0 Å². The molecule has 47 heavy (non-hydrogen) atoms. The lowest BCUT2D eigenvalue weighted by Crippen LogP contribution is -1.90. The molecule has 4 aromatic heterocycles. The molecule has 0 amide bonds. The highest BCUT2D eigenvalue weighted by Gasteiger charge is 2.17. The first-order valence-electron chi connectivity index (χ1n) is 14.8. The van der Waals surface area contributed by atoms with Gasteiger partial charge in [0.2, 0.25) is 0 Å². The van der Waals surface area contributed by atoms with E-state index in [4.69, 9.17) is 4.98 Å². The third-order valence-electron chi connectivity index (χ3n) is 8.33. The summed E-state index contributed by atoms with van der Waals surface area (Å²) in [7, 11) is 0. The number of nitrogens with one attached hydrogen (secondary N) is 3. The molecule has 0 saturated carbocycles. The van der Waals surface area contributed by atoms with Crippen molar-refractivity contribution in [2.75, 3.05) is 0 Å². The number of hydrogen-bond acceptors (Lipinski definition) is 5. The summed E-state index contributed by atoms with van der Waals surface area (Å²) in [5, 5.41) is 23.5. The zero-order valence-electron chi connectivity index (χ0n) is 24.6. The van der Waals surface area contributed by atoms with Crippen LogP contribution in [-0.2, 0) is 0 Å². The minimum absolute atomic E-state index is 0.00791. The van der Waals surface area contributed by atoms with Crippen LogP contribution in [0.4, 0.5) is 11.4 Å². The van der Waals surface area contributed by atoms with Gasteiger partial charge in [0.15, 0.2) is 0 Å². The van der Waals surface area contributed by atoms with Crippen LogP contribution in [0.25, 0.3) is 78.6 Å². The van der Waals surface area contributed by atoms with E-state index in [1.165, 1.54) is 12.1 Å². The third kappa shape index (κ3) is 4.90. The number of nitrogens with zero attached hydrogens (tertiary/aromatic N) is 3. The predicted octanol–water partition coefficient (Wildman–Crippen LogP) is 9.51. The Morgan fingerprint density at radius 2 is 0.872 bits per heavy atom. The topological polar surface area (TPSA) is 147 Å². The van der Waals surface area contributed by atoms with Crippen molar-refractivity contribution in [3.8, 4) is 33.4 Å². The maximum absolute atomic E-state index is 11.7. The van der Waals surface area contributed by atoms with Crippen molar-refractivity contribution in [1.29, 1.82) is 0 Å². The Labute approximate surface area is 266 Å². The SMILES string of the molecule is O=[N+]([O-])c1cccc(-c2c3nc(c4ccc([nH]4)c(-c4cccc([N+](=O)[O-])c4)c4ccc([nH]4)c(-c4ccccc4)c4ccc2[nH]4)C=C3)c1. The highest BCUT2D eigenvalue weighted by Crippen LogP contribution is 2.37. The molecule has 0 atom stereocenters. The highest BCUT2D eigenvalue weighted by atomic mass is 16.6. The second kappa shape index (κ2) is 11.0. The van der Waals surface area contributed by atoms with Crippen molar-refractivity contribution < 1.29 is 9.85 Å². The third-order valence-corrected chi connectivity index (χ3v) is 8.33. The smallest absolute Gasteiger partial charge is 0.270 e. The van der Waals surface area contributed by atoms with Gasteiger partial charge < -0.3 is 15.0 Å². The molecule has 10 nitrogen and oxygen atoms in total. The van der Waals surface area contributed by atoms with Crippen LogP contribution in [-0.4, -0.2) is 29.8 Å². The summed E-state index contributed by atoms with van der Waals surface area (Å²) >= 11 is 0. The molecule has 5 heterocycles. The summed E-state index contributed by atoms with van der Waals surface area (Å²) in [6.07, 6.45) is 3.80. The van der Waals surface area contributed by atoms with Crippen LogP contribution in [0.1, 0.15) is 11.4 Å².